The van der Waals surface area contributed by atoms with Crippen LogP contribution in [-0.2, 0) is 21.7 Å². The van der Waals surface area contributed by atoms with Crippen LogP contribution in [0, 0.1) is 0 Å². The summed E-state index contributed by atoms with van der Waals surface area (Å²) in [5.41, 5.74) is 8.29. The molecule has 2 aromatic carbocycles. The van der Waals surface area contributed by atoms with Gasteiger partial charge in [0.1, 0.15) is 0 Å². The molecule has 0 saturated carbocycles. The van der Waals surface area contributed by atoms with Crippen LogP contribution in [0.15, 0.2) is 48.8 Å². The van der Waals surface area contributed by atoms with Gasteiger partial charge in [-0.05, 0) is 0 Å². The molecule has 0 spiro atoms. The van der Waals surface area contributed by atoms with Crippen LogP contribution in [0.3, 0.4) is 0 Å². The van der Waals surface area contributed by atoms with Crippen LogP contribution in [0.1, 0.15) is 143 Å². The summed E-state index contributed by atoms with van der Waals surface area (Å²) in [6.45, 7) is 27.9. The maximum atomic E-state index is 9.53. The van der Waals surface area contributed by atoms with E-state index in [9.17, 15) is 15.3 Å². The van der Waals surface area contributed by atoms with E-state index >= 15 is 0 Å². The quantitative estimate of drug-likeness (QED) is 0.328. The second kappa shape index (κ2) is 21.2. The van der Waals surface area contributed by atoms with Crippen molar-refractivity contribution in [3.8, 4) is 11.4 Å². The molecule has 0 aliphatic heterocycles. The van der Waals surface area contributed by atoms with E-state index in [0.717, 1.165) is 0 Å². The van der Waals surface area contributed by atoms with Crippen molar-refractivity contribution in [1.29, 1.82) is 0 Å². The summed E-state index contributed by atoms with van der Waals surface area (Å²) in [6.07, 6.45) is 3.18. The Hall–Kier alpha value is -1.56. The van der Waals surface area contributed by atoms with Crippen LogP contribution in [0.5, 0.6) is 0 Å². The molecule has 0 N–H and O–H groups in total. The van der Waals surface area contributed by atoms with E-state index in [0.29, 0.717) is 23.7 Å². The topological polar surface area (TPSA) is 78.0 Å². The van der Waals surface area contributed by atoms with E-state index in [1.807, 2.05) is 0 Å². The average molecular weight is 613 g/mol. The largest absolute Gasteiger partial charge is 2.00 e. The number of para-hydroxylation sites is 2. The van der Waals surface area contributed by atoms with Crippen LogP contribution >= 0.6 is 0 Å². The first-order valence-electron chi connectivity index (χ1n) is 15.2. The Bertz CT molecular complexity index is 986. The Morgan fingerprint density at radius 2 is 0.833 bits per heavy atom. The van der Waals surface area contributed by atoms with Crippen molar-refractivity contribution in [2.24, 2.45) is 0 Å². The molecule has 42 heavy (non-hydrogen) atoms. The van der Waals surface area contributed by atoms with Crippen molar-refractivity contribution < 1.29 is 41.5 Å². The first-order chi connectivity index (χ1) is 18.9. The van der Waals surface area contributed by atoms with Crippen molar-refractivity contribution in [3.05, 3.63) is 71.0 Å². The normalized spacial score (nSPS) is 10.8. The summed E-state index contributed by atoms with van der Waals surface area (Å²) in [4.78, 5) is 0. The zero-order valence-corrected chi connectivity index (χ0v) is 30.4. The van der Waals surface area contributed by atoms with Gasteiger partial charge >= 0.3 is 199 Å². The van der Waals surface area contributed by atoms with Crippen molar-refractivity contribution in [2.75, 3.05) is 0 Å². The Morgan fingerprint density at radius 1 is 0.548 bits per heavy atom. The van der Waals surface area contributed by atoms with Gasteiger partial charge in [-0.3, -0.25) is 0 Å². The smallest absolute Gasteiger partial charge is 2.00 e. The molecule has 0 bridgehead atoms. The molecule has 0 aliphatic rings. The van der Waals surface area contributed by atoms with Crippen LogP contribution in [-0.4, -0.2) is 30.0 Å². The van der Waals surface area contributed by atoms with Gasteiger partial charge < -0.3 is 15.3 Å². The molecular formula is C35H57BN2O3Ti. The molecule has 0 unspecified atom stereocenters. The zero-order valence-electron chi connectivity index (χ0n) is 28.9. The number of hydrogen-bond acceptors (Lipinski definition) is 3. The van der Waals surface area contributed by atoms with Crippen LogP contribution in [0.25, 0.3) is 11.4 Å². The molecule has 3 rings (SSSR count). The average Bonchev–Trinajstić information content (AvgIpc) is 3.31. The van der Waals surface area contributed by atoms with Gasteiger partial charge in [-0.25, -0.2) is 0 Å². The second-order valence-corrected chi connectivity index (χ2v) is 12.6. The molecule has 3 aromatic rings. The van der Waals surface area contributed by atoms with Crippen molar-refractivity contribution in [3.63, 3.8) is 0 Å². The summed E-state index contributed by atoms with van der Waals surface area (Å²) >= 11 is 0. The van der Waals surface area contributed by atoms with E-state index < -0.39 is 18.3 Å². The summed E-state index contributed by atoms with van der Waals surface area (Å²) in [6, 6.07) is 13.5. The van der Waals surface area contributed by atoms with Crippen molar-refractivity contribution in [2.45, 2.75) is 139 Å². The first kappa shape index (κ1) is 42.6. The maximum absolute atomic E-state index is 9.53. The molecule has 0 saturated heterocycles. The molecule has 0 radical (unpaired) electrons. The number of benzene rings is 2. The van der Waals surface area contributed by atoms with E-state index in [-0.39, 0.29) is 21.7 Å². The van der Waals surface area contributed by atoms with E-state index in [1.54, 1.807) is 41.5 Å². The predicted molar refractivity (Wildman–Crippen MR) is 170 cm³/mol. The summed E-state index contributed by atoms with van der Waals surface area (Å²) in [5.74, 6) is 1.92. The fraction of sp³-hybridized carbons (Fsp3) is 0.600. The fourth-order valence-electron chi connectivity index (χ4n) is 4.24. The molecule has 0 atom stereocenters. The van der Waals surface area contributed by atoms with Gasteiger partial charge in [-0.15, -0.1) is 18.3 Å². The van der Waals surface area contributed by atoms with Gasteiger partial charge in [0.15, 0.2) is 0 Å². The van der Waals surface area contributed by atoms with Gasteiger partial charge in [0.2, 0.25) is 0 Å². The Labute approximate surface area is 273 Å². The number of nitrogens with zero attached hydrogens (tertiary/aromatic N) is 2. The SMILES string of the molecule is CC(C)[O-].CC(C)[O-].CC(C)[O-].CC(C)c1cccc(C(C)C)c1-n1b[n+](-c2c(C(C)C)cccc2C(C)C)cc1.[Ti+2]. The van der Waals surface area contributed by atoms with Crippen molar-refractivity contribution in [1.82, 2.24) is 4.47 Å². The van der Waals surface area contributed by atoms with Crippen LogP contribution < -0.4 is 19.8 Å². The second-order valence-electron chi connectivity index (χ2n) is 12.6. The third-order valence-electron chi connectivity index (χ3n) is 5.84. The minimum Gasteiger partial charge on any atom is 2.00 e. The molecule has 1 aromatic heterocycles. The third-order valence-corrected chi connectivity index (χ3v) is 5.84. The van der Waals surface area contributed by atoms with Gasteiger partial charge in [0.25, 0.3) is 0 Å². The maximum Gasteiger partial charge on any atom is 2.00 e. The number of hydrogen-bond donors (Lipinski definition) is 0. The third kappa shape index (κ3) is 15.3. The molecule has 5 nitrogen and oxygen atoms in total. The Morgan fingerprint density at radius 3 is 1.12 bits per heavy atom. The summed E-state index contributed by atoms with van der Waals surface area (Å²) < 4.78 is 4.65. The van der Waals surface area contributed by atoms with E-state index in [2.05, 4.69) is 120 Å². The monoisotopic (exact) mass is 612 g/mol. The Balaban J connectivity index is 0. The molecule has 7 heteroatoms. The first-order valence-corrected chi connectivity index (χ1v) is 15.2. The number of rotatable bonds is 6. The molecule has 1 heterocycles. The zero-order chi connectivity index (χ0) is 32.0. The summed E-state index contributed by atoms with van der Waals surface area (Å²) in [7, 11) is 2.26. The molecule has 0 fully saturated rings. The van der Waals surface area contributed by atoms with E-state index in [1.165, 1.54) is 33.6 Å². The number of aromatic nitrogens is 2. The predicted octanol–water partition coefficient (Wildman–Crippen LogP) is 5.85. The fourth-order valence-corrected chi connectivity index (χ4v) is 4.24. The molecule has 0 amide bonds. The van der Waals surface area contributed by atoms with E-state index in [4.69, 9.17) is 0 Å². The van der Waals surface area contributed by atoms with Crippen LogP contribution in [0.2, 0.25) is 0 Å². The van der Waals surface area contributed by atoms with Gasteiger partial charge in [-0.2, -0.15) is 0 Å². The minimum atomic E-state index is -0.417. The summed E-state index contributed by atoms with van der Waals surface area (Å²) in [5, 5.41) is 28.6. The molecule has 232 valence electrons. The van der Waals surface area contributed by atoms with Crippen molar-refractivity contribution >= 4 is 7.19 Å². The minimum absolute atomic E-state index is 0. The van der Waals surface area contributed by atoms with Gasteiger partial charge in [0.05, 0.1) is 0 Å². The molecular weight excluding hydrogens is 555 g/mol. The van der Waals surface area contributed by atoms with Crippen LogP contribution in [0.4, 0.5) is 0 Å². The van der Waals surface area contributed by atoms with Gasteiger partial charge in [0, 0.05) is 0 Å². The molecule has 0 aliphatic carbocycles. The van der Waals surface area contributed by atoms with Gasteiger partial charge in [-0.1, -0.05) is 41.5 Å². The Kier molecular flexibility index (Phi) is 21.5. The standard InChI is InChI=1S/C26H36BN2.3C3H7O.Ti/c1-17(2)21-11-9-12-22(18(3)4)25(21)28-15-16-29(27-28)26-23(19(5)6)13-10-14-24(26)20(7)8;3*1-3(2)4;/h9-20H,1-8H3;3*3H,1-2H3;/q+1;3*-1;+2.